The summed E-state index contributed by atoms with van der Waals surface area (Å²) in [6.45, 7) is 18.0. The van der Waals surface area contributed by atoms with Crippen molar-refractivity contribution in [2.45, 2.75) is 185 Å². The molecule has 3 aliphatic heterocycles. The molecule has 0 aromatic rings. The Kier molecular flexibility index (Phi) is 15.6. The van der Waals surface area contributed by atoms with Gasteiger partial charge in [-0.25, -0.2) is 0 Å². The number of ether oxygens (including phenoxy) is 6. The first kappa shape index (κ1) is 45.4. The van der Waals surface area contributed by atoms with Gasteiger partial charge in [0.15, 0.2) is 12.6 Å². The molecule has 306 valence electrons. The van der Waals surface area contributed by atoms with Crippen molar-refractivity contribution in [3.63, 3.8) is 0 Å². The molecule has 3 heterocycles. The van der Waals surface area contributed by atoms with Gasteiger partial charge in [0.25, 0.3) is 0 Å². The number of carbonyl (C=O) groups excluding carboxylic acids is 1. The zero-order chi connectivity index (χ0) is 39.7. The van der Waals surface area contributed by atoms with E-state index in [1.165, 1.54) is 14.0 Å². The predicted octanol–water partition coefficient (Wildman–Crippen LogP) is 1.90. The normalized spacial score (nSPS) is 49.6. The van der Waals surface area contributed by atoms with Gasteiger partial charge in [-0.05, 0) is 94.8 Å². The van der Waals surface area contributed by atoms with E-state index in [4.69, 9.17) is 28.4 Å². The monoisotopic (exact) mass is 749 g/mol. The molecule has 3 rings (SSSR count). The van der Waals surface area contributed by atoms with Crippen molar-refractivity contribution in [1.82, 2.24) is 9.80 Å². The van der Waals surface area contributed by atoms with Crippen molar-refractivity contribution in [2.24, 2.45) is 17.8 Å². The molecule has 3 saturated heterocycles. The molecule has 0 spiro atoms. The number of esters is 1. The molecule has 52 heavy (non-hydrogen) atoms. The summed E-state index contributed by atoms with van der Waals surface area (Å²) in [7, 11) is 7.12. The Labute approximate surface area is 312 Å². The number of carbonyl (C=O) groups is 1. The molecule has 3 fully saturated rings. The molecule has 0 aliphatic carbocycles. The van der Waals surface area contributed by atoms with Crippen LogP contribution in [-0.4, -0.2) is 166 Å². The molecule has 5 N–H and O–H groups in total. The Bertz CT molecular complexity index is 1140. The highest BCUT2D eigenvalue weighted by atomic mass is 16.7. The standard InChI is InChI=1S/C38H72N2O12/c1-15-27-38(10,46)31(42)24(6)40(13)19-20(2)17-36(8,45)33(52-35-29(41)26(39(11)12)16-21(3)48-35)22(4)30(23(5)34(44)50-27)51-28-18-37(9,47-14)32(43)25(7)49-28/h20-33,35,41-43,45-46H,15-19H2,1-14H3/t20-,21-,22+,23-,24-,25+,26+,27-,28?,29-,30+,31-,32+,33-,35+,36-,37-,38-/m1/s1. The third-order valence-electron chi connectivity index (χ3n) is 12.2. The lowest BCUT2D eigenvalue weighted by Gasteiger charge is -2.48. The predicted molar refractivity (Wildman–Crippen MR) is 194 cm³/mol. The van der Waals surface area contributed by atoms with Gasteiger partial charge >= 0.3 is 5.97 Å². The third kappa shape index (κ3) is 10.0. The van der Waals surface area contributed by atoms with Crippen molar-refractivity contribution >= 4 is 5.97 Å². The third-order valence-corrected chi connectivity index (χ3v) is 12.2. The van der Waals surface area contributed by atoms with Crippen LogP contribution in [0.1, 0.15) is 94.9 Å². The quantitative estimate of drug-likeness (QED) is 0.238. The van der Waals surface area contributed by atoms with E-state index in [0.717, 1.165) is 0 Å². The van der Waals surface area contributed by atoms with Crippen molar-refractivity contribution in [1.29, 1.82) is 0 Å². The summed E-state index contributed by atoms with van der Waals surface area (Å²) in [5, 5.41) is 58.1. The highest BCUT2D eigenvalue weighted by Crippen LogP contribution is 2.40. The minimum absolute atomic E-state index is 0.133. The molecule has 0 aromatic carbocycles. The molecule has 1 unspecified atom stereocenters. The smallest absolute Gasteiger partial charge is 0.311 e. The van der Waals surface area contributed by atoms with Gasteiger partial charge in [0.2, 0.25) is 0 Å². The minimum Gasteiger partial charge on any atom is -0.459 e. The van der Waals surface area contributed by atoms with E-state index >= 15 is 0 Å². The lowest BCUT2D eigenvalue weighted by molar-refractivity contribution is -0.318. The van der Waals surface area contributed by atoms with Crippen LogP contribution in [0.15, 0.2) is 0 Å². The van der Waals surface area contributed by atoms with Crippen LogP contribution in [0, 0.1) is 17.8 Å². The summed E-state index contributed by atoms with van der Waals surface area (Å²) in [5.41, 5.74) is -4.37. The first-order chi connectivity index (χ1) is 23.9. The maximum absolute atomic E-state index is 14.2. The van der Waals surface area contributed by atoms with Crippen molar-refractivity contribution < 1.29 is 58.7 Å². The fourth-order valence-electron chi connectivity index (χ4n) is 8.74. The Morgan fingerprint density at radius 2 is 1.56 bits per heavy atom. The van der Waals surface area contributed by atoms with Crippen LogP contribution in [-0.2, 0) is 33.2 Å². The first-order valence-electron chi connectivity index (χ1n) is 19.1. The van der Waals surface area contributed by atoms with E-state index in [1.54, 1.807) is 41.5 Å². The highest BCUT2D eigenvalue weighted by molar-refractivity contribution is 5.73. The maximum atomic E-state index is 14.2. The van der Waals surface area contributed by atoms with E-state index in [2.05, 4.69) is 0 Å². The van der Waals surface area contributed by atoms with Crippen LogP contribution >= 0.6 is 0 Å². The lowest BCUT2D eigenvalue weighted by atomic mass is 9.77. The van der Waals surface area contributed by atoms with Gasteiger partial charge in [-0.2, -0.15) is 0 Å². The summed E-state index contributed by atoms with van der Waals surface area (Å²) < 4.78 is 37.5. The van der Waals surface area contributed by atoms with Crippen LogP contribution < -0.4 is 0 Å². The number of hydrogen-bond acceptors (Lipinski definition) is 14. The Hall–Kier alpha value is -1.01. The molecule has 0 bridgehead atoms. The topological polar surface area (TPSA) is 180 Å². The molecule has 0 amide bonds. The Morgan fingerprint density at radius 1 is 0.942 bits per heavy atom. The number of rotatable bonds is 7. The van der Waals surface area contributed by atoms with Crippen LogP contribution in [0.5, 0.6) is 0 Å². The summed E-state index contributed by atoms with van der Waals surface area (Å²) in [6.07, 6.45) is -8.19. The summed E-state index contributed by atoms with van der Waals surface area (Å²) >= 11 is 0. The zero-order valence-corrected chi connectivity index (χ0v) is 34.2. The van der Waals surface area contributed by atoms with Gasteiger partial charge < -0.3 is 63.8 Å². The summed E-state index contributed by atoms with van der Waals surface area (Å²) in [6, 6.07) is -0.808. The van der Waals surface area contributed by atoms with E-state index in [0.29, 0.717) is 13.0 Å². The molecule has 0 saturated carbocycles. The molecule has 14 heteroatoms. The van der Waals surface area contributed by atoms with Gasteiger partial charge in [-0.15, -0.1) is 0 Å². The largest absolute Gasteiger partial charge is 0.459 e. The SMILES string of the molecule is CC[C@H]1OC(=O)[C@H](C)[C@@H](OC2C[C@@](C)(OC)[C@@H](O)[C@H](C)O2)[C@H](C)[C@@H](O[C@@H]2O[C@H](C)C[C@H](N(C)C)[C@H]2O)[C@](C)(O)C[C@@H](C)CN(C)[C@H](C)[C@@H](O)[C@]1(C)O. The van der Waals surface area contributed by atoms with Gasteiger partial charge in [0.05, 0.1) is 41.5 Å². The highest BCUT2D eigenvalue weighted by Gasteiger charge is 2.52. The average molecular weight is 749 g/mol. The van der Waals surface area contributed by atoms with E-state index < -0.39 is 96.0 Å². The molecular weight excluding hydrogens is 676 g/mol. The van der Waals surface area contributed by atoms with E-state index in [9.17, 15) is 30.3 Å². The molecule has 18 atom stereocenters. The molecule has 0 radical (unpaired) electrons. The fraction of sp³-hybridized carbons (Fsp3) is 0.974. The number of aliphatic hydroxyl groups is 5. The zero-order valence-electron chi connectivity index (χ0n) is 34.2. The number of hydrogen-bond donors (Lipinski definition) is 5. The second kappa shape index (κ2) is 17.8. The van der Waals surface area contributed by atoms with Crippen molar-refractivity contribution in [2.75, 3.05) is 34.8 Å². The van der Waals surface area contributed by atoms with Gasteiger partial charge in [-0.1, -0.05) is 20.8 Å². The molecular formula is C38H72N2O12. The Balaban J connectivity index is 2.17. The maximum Gasteiger partial charge on any atom is 0.311 e. The second-order valence-corrected chi connectivity index (χ2v) is 17.2. The lowest BCUT2D eigenvalue weighted by Crippen LogP contribution is -2.60. The van der Waals surface area contributed by atoms with E-state index in [1.807, 2.05) is 51.7 Å². The molecule has 3 aliphatic rings. The second-order valence-electron chi connectivity index (χ2n) is 17.2. The van der Waals surface area contributed by atoms with Crippen molar-refractivity contribution in [3.05, 3.63) is 0 Å². The number of aliphatic hydroxyl groups excluding tert-OH is 3. The average Bonchev–Trinajstić information content (AvgIpc) is 3.05. The summed E-state index contributed by atoms with van der Waals surface area (Å²) in [4.78, 5) is 18.0. The number of cyclic esters (lactones) is 1. The Morgan fingerprint density at radius 3 is 2.12 bits per heavy atom. The first-order valence-corrected chi connectivity index (χ1v) is 19.1. The fourth-order valence-corrected chi connectivity index (χ4v) is 8.74. The van der Waals surface area contributed by atoms with Crippen LogP contribution in [0.2, 0.25) is 0 Å². The van der Waals surface area contributed by atoms with Crippen LogP contribution in [0.3, 0.4) is 0 Å². The van der Waals surface area contributed by atoms with Crippen LogP contribution in [0.25, 0.3) is 0 Å². The van der Waals surface area contributed by atoms with Gasteiger partial charge in [0.1, 0.15) is 30.0 Å². The number of likely N-dealkylation sites (N-methyl/N-ethyl adjacent to an activating group) is 2. The molecule has 14 nitrogen and oxygen atoms in total. The molecule has 0 aromatic heterocycles. The van der Waals surface area contributed by atoms with Crippen LogP contribution in [0.4, 0.5) is 0 Å². The van der Waals surface area contributed by atoms with Gasteiger partial charge in [0, 0.05) is 38.1 Å². The minimum atomic E-state index is -1.80. The number of methoxy groups -OCH3 is 1. The summed E-state index contributed by atoms with van der Waals surface area (Å²) in [5.74, 6) is -2.58. The van der Waals surface area contributed by atoms with Gasteiger partial charge in [-0.3, -0.25) is 4.79 Å². The van der Waals surface area contributed by atoms with E-state index in [-0.39, 0.29) is 37.3 Å². The van der Waals surface area contributed by atoms with Crippen molar-refractivity contribution in [3.8, 4) is 0 Å². The number of nitrogens with zero attached hydrogens (tertiary/aromatic N) is 2.